The Kier molecular flexibility index (Phi) is 6.65. The lowest BCUT2D eigenvalue weighted by molar-refractivity contribution is -0.402. The van der Waals surface area contributed by atoms with Gasteiger partial charge < -0.3 is 13.6 Å². The zero-order chi connectivity index (χ0) is 25.1. The van der Waals surface area contributed by atoms with Crippen LogP contribution in [0.2, 0.25) is 0 Å². The molecule has 0 aliphatic carbocycles. The van der Waals surface area contributed by atoms with Gasteiger partial charge in [0.2, 0.25) is 14.8 Å². The lowest BCUT2D eigenvalue weighted by atomic mass is 10.3. The van der Waals surface area contributed by atoms with Gasteiger partial charge in [-0.2, -0.15) is 9.41 Å². The van der Waals surface area contributed by atoms with Crippen LogP contribution in [0.3, 0.4) is 0 Å². The van der Waals surface area contributed by atoms with Crippen LogP contribution in [0, 0.1) is 10.1 Å². The molecule has 0 atom stereocenters. The topological polar surface area (TPSA) is 146 Å². The number of ether oxygens (including phenoxy) is 1. The summed E-state index contributed by atoms with van der Waals surface area (Å²) in [5.41, 5.74) is 1.12. The third-order valence-electron chi connectivity index (χ3n) is 5.22. The van der Waals surface area contributed by atoms with E-state index in [0.29, 0.717) is 48.2 Å². The van der Waals surface area contributed by atoms with E-state index in [-0.39, 0.29) is 10.7 Å². The van der Waals surface area contributed by atoms with Gasteiger partial charge in [0.25, 0.3) is 0 Å². The van der Waals surface area contributed by atoms with Gasteiger partial charge in [-0.3, -0.25) is 10.1 Å². The van der Waals surface area contributed by atoms with Crippen LogP contribution in [0.25, 0.3) is 11.5 Å². The fraction of sp³-hybridized carbons (Fsp3) is 0.182. The van der Waals surface area contributed by atoms with Crippen molar-refractivity contribution in [3.63, 3.8) is 0 Å². The molecule has 4 aromatic rings. The third-order valence-corrected chi connectivity index (χ3v) is 7.95. The van der Waals surface area contributed by atoms with E-state index in [2.05, 4.69) is 10.1 Å². The first-order valence-corrected chi connectivity index (χ1v) is 13.0. The Bertz CT molecular complexity index is 1560. The molecule has 0 amide bonds. The Morgan fingerprint density at radius 3 is 2.53 bits per heavy atom. The predicted octanol–water partition coefficient (Wildman–Crippen LogP) is 3.45. The van der Waals surface area contributed by atoms with E-state index in [0.717, 1.165) is 0 Å². The van der Waals surface area contributed by atoms with Crippen LogP contribution >= 0.6 is 11.3 Å². The third kappa shape index (κ3) is 4.92. The number of nitrogens with zero attached hydrogens (tertiary/aromatic N) is 5. The maximum Gasteiger partial charge on any atom is 0.433 e. The van der Waals surface area contributed by atoms with Crippen LogP contribution in [-0.4, -0.2) is 54.8 Å². The number of benzene rings is 1. The molecule has 186 valence electrons. The number of furan rings is 2. The summed E-state index contributed by atoms with van der Waals surface area (Å²) in [6.07, 6.45) is 2.87. The van der Waals surface area contributed by atoms with Gasteiger partial charge in [0.15, 0.2) is 11.5 Å². The fourth-order valence-corrected chi connectivity index (χ4v) is 5.69. The number of aromatic nitrogens is 1. The second kappa shape index (κ2) is 10.0. The van der Waals surface area contributed by atoms with Crippen molar-refractivity contribution >= 4 is 39.1 Å². The van der Waals surface area contributed by atoms with Crippen LogP contribution in [-0.2, 0) is 14.8 Å². The lowest BCUT2D eigenvalue weighted by Gasteiger charge is -2.26. The Hall–Kier alpha value is -3.85. The Morgan fingerprint density at radius 1 is 1.08 bits per heavy atom. The first-order valence-electron chi connectivity index (χ1n) is 10.7. The summed E-state index contributed by atoms with van der Waals surface area (Å²) in [6, 6.07) is 12.4. The van der Waals surface area contributed by atoms with Crippen molar-refractivity contribution in [3.8, 4) is 11.5 Å². The lowest BCUT2D eigenvalue weighted by Crippen LogP contribution is -2.40. The molecule has 3 aromatic heterocycles. The molecule has 5 rings (SSSR count). The van der Waals surface area contributed by atoms with Gasteiger partial charge >= 0.3 is 5.88 Å². The van der Waals surface area contributed by atoms with E-state index in [1.165, 1.54) is 57.1 Å². The molecule has 0 unspecified atom stereocenters. The Morgan fingerprint density at radius 2 is 1.86 bits per heavy atom. The van der Waals surface area contributed by atoms with Crippen LogP contribution in [0.1, 0.15) is 5.76 Å². The van der Waals surface area contributed by atoms with E-state index >= 15 is 0 Å². The summed E-state index contributed by atoms with van der Waals surface area (Å²) in [4.78, 5) is 15.5. The molecular weight excluding hydrogens is 510 g/mol. The minimum Gasteiger partial charge on any atom is -0.463 e. The second-order valence-electron chi connectivity index (χ2n) is 7.49. The smallest absolute Gasteiger partial charge is 0.433 e. The molecule has 12 nitrogen and oxygen atoms in total. The number of thiazole rings is 1. The summed E-state index contributed by atoms with van der Waals surface area (Å²) in [5, 5.41) is 17.1. The molecule has 1 aliphatic heterocycles. The average molecular weight is 530 g/mol. The highest BCUT2D eigenvalue weighted by molar-refractivity contribution is 7.89. The van der Waals surface area contributed by atoms with Crippen LogP contribution < -0.4 is 4.80 Å². The molecule has 1 aromatic carbocycles. The van der Waals surface area contributed by atoms with E-state index in [1.54, 1.807) is 29.6 Å². The number of morpholine rings is 1. The van der Waals surface area contributed by atoms with Gasteiger partial charge in [0.1, 0.15) is 10.6 Å². The molecule has 0 radical (unpaired) electrons. The van der Waals surface area contributed by atoms with Crippen molar-refractivity contribution < 1.29 is 26.9 Å². The molecule has 14 heteroatoms. The highest BCUT2D eigenvalue weighted by Gasteiger charge is 2.26. The molecule has 36 heavy (non-hydrogen) atoms. The van der Waals surface area contributed by atoms with Crippen molar-refractivity contribution in [2.75, 3.05) is 26.3 Å². The summed E-state index contributed by atoms with van der Waals surface area (Å²) in [5.74, 6) is 0.340. The van der Waals surface area contributed by atoms with Crippen molar-refractivity contribution in [1.29, 1.82) is 0 Å². The number of hydrogen-bond donors (Lipinski definition) is 0. The van der Waals surface area contributed by atoms with E-state index in [1.807, 2.05) is 0 Å². The highest BCUT2D eigenvalue weighted by Crippen LogP contribution is 2.23. The molecule has 0 bridgehead atoms. The Balaban J connectivity index is 1.48. The van der Waals surface area contributed by atoms with E-state index in [4.69, 9.17) is 13.6 Å². The molecule has 1 fully saturated rings. The zero-order valence-corrected chi connectivity index (χ0v) is 20.2. The molecule has 0 N–H and O–H groups in total. The molecular formula is C22H19N5O7S2. The van der Waals surface area contributed by atoms with Crippen LogP contribution in [0.5, 0.6) is 0 Å². The van der Waals surface area contributed by atoms with Crippen molar-refractivity contribution in [2.45, 2.75) is 4.90 Å². The van der Waals surface area contributed by atoms with Gasteiger partial charge in [0, 0.05) is 18.5 Å². The van der Waals surface area contributed by atoms with Gasteiger partial charge in [0.05, 0.1) is 42.3 Å². The summed E-state index contributed by atoms with van der Waals surface area (Å²) in [6.45, 7) is 1.37. The van der Waals surface area contributed by atoms with E-state index in [9.17, 15) is 18.5 Å². The van der Waals surface area contributed by atoms with Gasteiger partial charge in [-0.1, -0.05) is 0 Å². The number of hydrogen-bond acceptors (Lipinski definition) is 10. The maximum absolute atomic E-state index is 12.9. The maximum atomic E-state index is 12.9. The van der Waals surface area contributed by atoms with Gasteiger partial charge in [-0.15, -0.1) is 11.3 Å². The average Bonchev–Trinajstić information content (AvgIpc) is 3.65. The SMILES string of the molecule is O=[N+]([O-])c1ccc(C=Nn2c(-c3ccco3)csc2=Nc2ccc(S(=O)(=O)N3CCOCC3)cc2)o1. The highest BCUT2D eigenvalue weighted by atomic mass is 32.2. The Labute approximate surface area is 208 Å². The first kappa shape index (κ1) is 23.9. The minimum atomic E-state index is -3.61. The van der Waals surface area contributed by atoms with Crippen molar-refractivity contribution in [3.05, 3.63) is 80.9 Å². The minimum absolute atomic E-state index is 0.177. The quantitative estimate of drug-likeness (QED) is 0.202. The molecule has 0 spiro atoms. The summed E-state index contributed by atoms with van der Waals surface area (Å²) < 4.78 is 44.5. The standard InChI is InChI=1S/C22H19N5O7S2/c28-27(29)21-8-5-17(34-21)14-23-26-19(20-2-1-11-33-20)15-35-22(26)24-16-3-6-18(7-4-16)36(30,31)25-9-12-32-13-10-25/h1-8,11,14-15H,9-10,12-13H2. The van der Waals surface area contributed by atoms with Gasteiger partial charge in [-0.05, 0) is 42.5 Å². The number of sulfonamides is 1. The fourth-order valence-electron chi connectivity index (χ4n) is 3.45. The molecule has 4 heterocycles. The molecule has 1 aliphatic rings. The largest absolute Gasteiger partial charge is 0.463 e. The van der Waals surface area contributed by atoms with Crippen LogP contribution in [0.15, 0.2) is 84.0 Å². The van der Waals surface area contributed by atoms with Crippen LogP contribution in [0.4, 0.5) is 11.6 Å². The summed E-state index contributed by atoms with van der Waals surface area (Å²) >= 11 is 1.29. The number of rotatable bonds is 7. The molecule has 0 saturated carbocycles. The monoisotopic (exact) mass is 529 g/mol. The second-order valence-corrected chi connectivity index (χ2v) is 10.3. The van der Waals surface area contributed by atoms with Gasteiger partial charge in [-0.25, -0.2) is 18.1 Å². The zero-order valence-electron chi connectivity index (χ0n) is 18.6. The molecule has 1 saturated heterocycles. The summed E-state index contributed by atoms with van der Waals surface area (Å²) in [7, 11) is -3.61. The van der Waals surface area contributed by atoms with E-state index < -0.39 is 20.8 Å². The number of nitro groups is 1. The van der Waals surface area contributed by atoms with Crippen molar-refractivity contribution in [2.24, 2.45) is 10.1 Å². The van der Waals surface area contributed by atoms with Crippen molar-refractivity contribution in [1.82, 2.24) is 8.98 Å². The predicted molar refractivity (Wildman–Crippen MR) is 130 cm³/mol. The first-order chi connectivity index (χ1) is 17.4. The normalized spacial score (nSPS) is 15.6.